The molecule has 8 heteroatoms. The van der Waals surface area contributed by atoms with Crippen LogP contribution in [0, 0.1) is 6.92 Å². The van der Waals surface area contributed by atoms with Gasteiger partial charge in [-0.25, -0.2) is 15.0 Å². The van der Waals surface area contributed by atoms with Gasteiger partial charge < -0.3 is 20.0 Å². The van der Waals surface area contributed by atoms with Gasteiger partial charge in [0.25, 0.3) is 0 Å². The molecule has 1 aliphatic rings. The number of aryl methyl sites for hydroxylation is 1. The van der Waals surface area contributed by atoms with E-state index in [0.29, 0.717) is 0 Å². The lowest BCUT2D eigenvalue weighted by Gasteiger charge is -2.34. The van der Waals surface area contributed by atoms with Crippen molar-refractivity contribution in [2.75, 3.05) is 68.5 Å². The van der Waals surface area contributed by atoms with Crippen molar-refractivity contribution in [1.29, 1.82) is 0 Å². The van der Waals surface area contributed by atoms with E-state index in [1.807, 2.05) is 19.1 Å². The standard InChI is InChI=1S/C17H26N8/c1-14-13-15(18-7-8-23(2)3)22-17(21-14)25-11-9-24(10-12-25)16-19-5-4-6-20-16/h4-6,13H,7-12H2,1-3H3,(H,18,21,22). The van der Waals surface area contributed by atoms with Crippen molar-refractivity contribution in [2.45, 2.75) is 6.92 Å². The van der Waals surface area contributed by atoms with Gasteiger partial charge in [0.05, 0.1) is 0 Å². The zero-order valence-corrected chi connectivity index (χ0v) is 15.2. The van der Waals surface area contributed by atoms with Gasteiger partial charge in [-0.3, -0.25) is 0 Å². The van der Waals surface area contributed by atoms with E-state index in [2.05, 4.69) is 54.0 Å². The molecule has 2 aromatic heterocycles. The van der Waals surface area contributed by atoms with E-state index < -0.39 is 0 Å². The van der Waals surface area contributed by atoms with Gasteiger partial charge in [-0.15, -0.1) is 0 Å². The SMILES string of the molecule is Cc1cc(NCCN(C)C)nc(N2CCN(c3ncccn3)CC2)n1. The first-order valence-electron chi connectivity index (χ1n) is 8.63. The van der Waals surface area contributed by atoms with Crippen molar-refractivity contribution >= 4 is 17.7 Å². The summed E-state index contributed by atoms with van der Waals surface area (Å²) in [5, 5.41) is 3.38. The summed E-state index contributed by atoms with van der Waals surface area (Å²) in [4.78, 5) is 24.5. The Morgan fingerprint density at radius 2 is 1.64 bits per heavy atom. The number of hydrogen-bond acceptors (Lipinski definition) is 8. The van der Waals surface area contributed by atoms with Crippen LogP contribution >= 0.6 is 0 Å². The maximum Gasteiger partial charge on any atom is 0.227 e. The zero-order chi connectivity index (χ0) is 17.6. The second-order valence-electron chi connectivity index (χ2n) is 6.45. The highest BCUT2D eigenvalue weighted by molar-refractivity contribution is 5.45. The first-order valence-corrected chi connectivity index (χ1v) is 8.63. The van der Waals surface area contributed by atoms with Crippen LogP contribution < -0.4 is 15.1 Å². The number of likely N-dealkylation sites (N-methyl/N-ethyl adjacent to an activating group) is 1. The molecule has 2 aromatic rings. The van der Waals surface area contributed by atoms with Gasteiger partial charge in [-0.1, -0.05) is 0 Å². The van der Waals surface area contributed by atoms with E-state index in [1.54, 1.807) is 12.4 Å². The predicted molar refractivity (Wildman–Crippen MR) is 100 cm³/mol. The Labute approximate surface area is 148 Å². The summed E-state index contributed by atoms with van der Waals surface area (Å²) in [6.07, 6.45) is 3.56. The Morgan fingerprint density at radius 1 is 1.00 bits per heavy atom. The lowest BCUT2D eigenvalue weighted by Crippen LogP contribution is -2.47. The van der Waals surface area contributed by atoms with Crippen LogP contribution in [0.5, 0.6) is 0 Å². The monoisotopic (exact) mass is 342 g/mol. The number of rotatable bonds is 6. The summed E-state index contributed by atoms with van der Waals surface area (Å²) in [6.45, 7) is 7.29. The number of hydrogen-bond donors (Lipinski definition) is 1. The van der Waals surface area contributed by atoms with Gasteiger partial charge in [0.2, 0.25) is 11.9 Å². The van der Waals surface area contributed by atoms with Crippen LogP contribution in [0.25, 0.3) is 0 Å². The summed E-state index contributed by atoms with van der Waals surface area (Å²) < 4.78 is 0. The molecule has 0 amide bonds. The van der Waals surface area contributed by atoms with Crippen molar-refractivity contribution in [1.82, 2.24) is 24.8 Å². The lowest BCUT2D eigenvalue weighted by atomic mass is 10.3. The highest BCUT2D eigenvalue weighted by atomic mass is 15.4. The van der Waals surface area contributed by atoms with Crippen LogP contribution in [0.4, 0.5) is 17.7 Å². The molecule has 0 saturated carbocycles. The van der Waals surface area contributed by atoms with Crippen molar-refractivity contribution < 1.29 is 0 Å². The molecule has 25 heavy (non-hydrogen) atoms. The summed E-state index contributed by atoms with van der Waals surface area (Å²) in [7, 11) is 4.13. The molecule has 134 valence electrons. The molecular formula is C17H26N8. The molecule has 1 N–H and O–H groups in total. The largest absolute Gasteiger partial charge is 0.369 e. The molecule has 0 aliphatic carbocycles. The van der Waals surface area contributed by atoms with Crippen molar-refractivity contribution in [3.8, 4) is 0 Å². The van der Waals surface area contributed by atoms with E-state index in [4.69, 9.17) is 0 Å². The average molecular weight is 342 g/mol. The van der Waals surface area contributed by atoms with E-state index in [0.717, 1.165) is 62.7 Å². The van der Waals surface area contributed by atoms with Crippen LogP contribution in [0.3, 0.4) is 0 Å². The molecule has 0 unspecified atom stereocenters. The predicted octanol–water partition coefficient (Wildman–Crippen LogP) is 0.875. The van der Waals surface area contributed by atoms with Crippen LogP contribution in [0.1, 0.15) is 5.69 Å². The third-order valence-electron chi connectivity index (χ3n) is 4.11. The molecule has 3 rings (SSSR count). The van der Waals surface area contributed by atoms with E-state index in [-0.39, 0.29) is 0 Å². The minimum absolute atomic E-state index is 0.790. The third-order valence-corrected chi connectivity index (χ3v) is 4.11. The Bertz CT molecular complexity index is 668. The molecule has 0 atom stereocenters. The average Bonchev–Trinajstić information content (AvgIpc) is 2.62. The van der Waals surface area contributed by atoms with E-state index >= 15 is 0 Å². The van der Waals surface area contributed by atoms with Gasteiger partial charge in [-0.05, 0) is 27.1 Å². The summed E-state index contributed by atoms with van der Waals surface area (Å²) in [6, 6.07) is 3.83. The van der Waals surface area contributed by atoms with Crippen molar-refractivity contribution in [2.24, 2.45) is 0 Å². The van der Waals surface area contributed by atoms with Gasteiger partial charge in [0.1, 0.15) is 5.82 Å². The smallest absolute Gasteiger partial charge is 0.227 e. The van der Waals surface area contributed by atoms with Crippen molar-refractivity contribution in [3.63, 3.8) is 0 Å². The fraction of sp³-hybridized carbons (Fsp3) is 0.529. The van der Waals surface area contributed by atoms with Crippen LogP contribution in [0.2, 0.25) is 0 Å². The molecule has 8 nitrogen and oxygen atoms in total. The van der Waals surface area contributed by atoms with E-state index in [1.165, 1.54) is 0 Å². The number of nitrogens with zero attached hydrogens (tertiary/aromatic N) is 7. The first kappa shape index (κ1) is 17.3. The number of piperazine rings is 1. The zero-order valence-electron chi connectivity index (χ0n) is 15.2. The van der Waals surface area contributed by atoms with Gasteiger partial charge >= 0.3 is 0 Å². The fourth-order valence-electron chi connectivity index (χ4n) is 2.75. The number of anilines is 3. The lowest BCUT2D eigenvalue weighted by molar-refractivity contribution is 0.425. The molecular weight excluding hydrogens is 316 g/mol. The highest BCUT2D eigenvalue weighted by Crippen LogP contribution is 2.17. The van der Waals surface area contributed by atoms with Gasteiger partial charge in [0, 0.05) is 63.4 Å². The molecule has 0 aromatic carbocycles. The second kappa shape index (κ2) is 8.06. The quantitative estimate of drug-likeness (QED) is 0.829. The van der Waals surface area contributed by atoms with Crippen LogP contribution in [-0.4, -0.2) is 78.2 Å². The summed E-state index contributed by atoms with van der Waals surface area (Å²) >= 11 is 0. The molecule has 0 bridgehead atoms. The maximum absolute atomic E-state index is 4.69. The highest BCUT2D eigenvalue weighted by Gasteiger charge is 2.21. The first-order chi connectivity index (χ1) is 12.1. The minimum Gasteiger partial charge on any atom is -0.369 e. The Kier molecular flexibility index (Phi) is 5.60. The normalized spacial score (nSPS) is 14.9. The molecule has 0 radical (unpaired) electrons. The number of nitrogens with one attached hydrogen (secondary N) is 1. The molecule has 1 aliphatic heterocycles. The Morgan fingerprint density at radius 3 is 2.28 bits per heavy atom. The maximum atomic E-state index is 4.69. The van der Waals surface area contributed by atoms with Crippen LogP contribution in [0.15, 0.2) is 24.5 Å². The van der Waals surface area contributed by atoms with Gasteiger partial charge in [-0.2, -0.15) is 4.98 Å². The number of aromatic nitrogens is 4. The third kappa shape index (κ3) is 4.76. The van der Waals surface area contributed by atoms with Gasteiger partial charge in [0.15, 0.2) is 0 Å². The summed E-state index contributed by atoms with van der Waals surface area (Å²) in [5.74, 6) is 2.47. The minimum atomic E-state index is 0.790. The molecule has 0 spiro atoms. The van der Waals surface area contributed by atoms with Crippen LogP contribution in [-0.2, 0) is 0 Å². The summed E-state index contributed by atoms with van der Waals surface area (Å²) in [5.41, 5.74) is 0.978. The van der Waals surface area contributed by atoms with E-state index in [9.17, 15) is 0 Å². The Hall–Kier alpha value is -2.48. The molecule has 3 heterocycles. The van der Waals surface area contributed by atoms with Crippen molar-refractivity contribution in [3.05, 3.63) is 30.2 Å². The Balaban J connectivity index is 1.61. The second-order valence-corrected chi connectivity index (χ2v) is 6.45. The molecule has 1 fully saturated rings. The topological polar surface area (TPSA) is 73.3 Å². The molecule has 1 saturated heterocycles. The fourth-order valence-corrected chi connectivity index (χ4v) is 2.75.